The topological polar surface area (TPSA) is 32.3 Å². The van der Waals surface area contributed by atoms with Crippen molar-refractivity contribution in [2.75, 3.05) is 19.7 Å². The van der Waals surface area contributed by atoms with Gasteiger partial charge in [0, 0.05) is 18.6 Å². The second kappa shape index (κ2) is 2.76. The zero-order valence-corrected chi connectivity index (χ0v) is 6.97. The summed E-state index contributed by atoms with van der Waals surface area (Å²) in [6.07, 6.45) is 5.25. The highest BCUT2D eigenvalue weighted by atomic mass is 16.3. The minimum Gasteiger partial charge on any atom is -0.396 e. The predicted octanol–water partition coefficient (Wildman–Crippen LogP) is 0.758. The van der Waals surface area contributed by atoms with Crippen molar-refractivity contribution in [2.24, 2.45) is 11.3 Å². The van der Waals surface area contributed by atoms with Gasteiger partial charge >= 0.3 is 0 Å². The fourth-order valence-corrected chi connectivity index (χ4v) is 2.10. The molecule has 0 spiro atoms. The summed E-state index contributed by atoms with van der Waals surface area (Å²) in [6, 6.07) is 0. The molecule has 0 radical (unpaired) electrons. The molecule has 0 amide bonds. The molecule has 11 heavy (non-hydrogen) atoms. The number of aliphatic hydroxyl groups is 1. The van der Waals surface area contributed by atoms with E-state index in [1.165, 1.54) is 25.7 Å². The van der Waals surface area contributed by atoms with Crippen LogP contribution in [-0.2, 0) is 0 Å². The Morgan fingerprint density at radius 1 is 1.45 bits per heavy atom. The summed E-state index contributed by atoms with van der Waals surface area (Å²) in [5.74, 6) is 0.946. The second-order valence-corrected chi connectivity index (χ2v) is 4.23. The molecule has 1 unspecified atom stereocenters. The Morgan fingerprint density at radius 2 is 2.27 bits per heavy atom. The van der Waals surface area contributed by atoms with E-state index in [1.54, 1.807) is 0 Å². The highest BCUT2D eigenvalue weighted by molar-refractivity contribution is 4.92. The van der Waals surface area contributed by atoms with Gasteiger partial charge in [-0.1, -0.05) is 12.8 Å². The minimum absolute atomic E-state index is 0.265. The van der Waals surface area contributed by atoms with Crippen molar-refractivity contribution in [1.29, 1.82) is 0 Å². The molecule has 64 valence electrons. The van der Waals surface area contributed by atoms with Crippen molar-refractivity contribution in [2.45, 2.75) is 25.7 Å². The molecule has 0 aromatic rings. The van der Waals surface area contributed by atoms with Crippen LogP contribution in [0.5, 0.6) is 0 Å². The Morgan fingerprint density at radius 3 is 2.73 bits per heavy atom. The van der Waals surface area contributed by atoms with E-state index in [2.05, 4.69) is 5.32 Å². The van der Waals surface area contributed by atoms with Gasteiger partial charge in [-0.2, -0.15) is 0 Å². The van der Waals surface area contributed by atoms with E-state index < -0.39 is 0 Å². The van der Waals surface area contributed by atoms with Crippen molar-refractivity contribution in [3.8, 4) is 0 Å². The Balaban J connectivity index is 1.91. The Hall–Kier alpha value is -0.0800. The van der Waals surface area contributed by atoms with E-state index >= 15 is 0 Å². The number of aliphatic hydroxyl groups excluding tert-OH is 1. The monoisotopic (exact) mass is 155 g/mol. The smallest absolute Gasteiger partial charge is 0.0500 e. The van der Waals surface area contributed by atoms with Crippen molar-refractivity contribution in [3.63, 3.8) is 0 Å². The predicted molar refractivity (Wildman–Crippen MR) is 44.3 cm³/mol. The van der Waals surface area contributed by atoms with Gasteiger partial charge in [-0.05, 0) is 25.3 Å². The number of hydrogen-bond donors (Lipinski definition) is 2. The fourth-order valence-electron chi connectivity index (χ4n) is 2.10. The lowest BCUT2D eigenvalue weighted by Crippen LogP contribution is -2.28. The van der Waals surface area contributed by atoms with Crippen molar-refractivity contribution < 1.29 is 5.11 Å². The molecule has 2 rings (SSSR count). The zero-order chi connectivity index (χ0) is 7.73. The normalized spacial score (nSPS) is 37.9. The van der Waals surface area contributed by atoms with E-state index in [1.807, 2.05) is 0 Å². The third-order valence-corrected chi connectivity index (χ3v) is 3.09. The molecule has 0 bridgehead atoms. The summed E-state index contributed by atoms with van der Waals surface area (Å²) in [7, 11) is 0. The summed E-state index contributed by atoms with van der Waals surface area (Å²) in [4.78, 5) is 0. The standard InChI is InChI=1S/C9H17NO/c11-7-9(3-4-10-6-9)5-8-1-2-8/h8,10-11H,1-7H2. The molecule has 1 heterocycles. The van der Waals surface area contributed by atoms with Gasteiger partial charge in [-0.25, -0.2) is 0 Å². The Bertz CT molecular complexity index is 136. The molecule has 0 aromatic carbocycles. The van der Waals surface area contributed by atoms with Crippen LogP contribution in [0, 0.1) is 11.3 Å². The van der Waals surface area contributed by atoms with Crippen LogP contribution in [0.25, 0.3) is 0 Å². The first-order chi connectivity index (χ1) is 5.35. The quantitative estimate of drug-likeness (QED) is 0.630. The van der Waals surface area contributed by atoms with E-state index in [-0.39, 0.29) is 5.41 Å². The third-order valence-electron chi connectivity index (χ3n) is 3.09. The fraction of sp³-hybridized carbons (Fsp3) is 1.00. The van der Waals surface area contributed by atoms with E-state index in [9.17, 15) is 5.11 Å². The average Bonchev–Trinajstić information content (AvgIpc) is 2.68. The van der Waals surface area contributed by atoms with Crippen LogP contribution < -0.4 is 5.32 Å². The molecule has 1 aliphatic carbocycles. The molecule has 1 saturated heterocycles. The van der Waals surface area contributed by atoms with Crippen LogP contribution >= 0.6 is 0 Å². The van der Waals surface area contributed by atoms with Crippen molar-refractivity contribution >= 4 is 0 Å². The van der Waals surface area contributed by atoms with Crippen LogP contribution in [-0.4, -0.2) is 24.8 Å². The molecule has 0 aromatic heterocycles. The lowest BCUT2D eigenvalue weighted by atomic mass is 9.83. The molecule has 2 fully saturated rings. The van der Waals surface area contributed by atoms with Crippen molar-refractivity contribution in [3.05, 3.63) is 0 Å². The minimum atomic E-state index is 0.265. The molecular weight excluding hydrogens is 138 g/mol. The van der Waals surface area contributed by atoms with Gasteiger partial charge in [0.2, 0.25) is 0 Å². The van der Waals surface area contributed by atoms with Gasteiger partial charge in [0.15, 0.2) is 0 Å². The largest absolute Gasteiger partial charge is 0.396 e. The zero-order valence-electron chi connectivity index (χ0n) is 6.97. The highest BCUT2D eigenvalue weighted by Crippen LogP contribution is 2.42. The van der Waals surface area contributed by atoms with Crippen LogP contribution in [0.15, 0.2) is 0 Å². The maximum absolute atomic E-state index is 9.25. The SMILES string of the molecule is OCC1(CC2CC2)CCNC1. The first-order valence-corrected chi connectivity index (χ1v) is 4.66. The van der Waals surface area contributed by atoms with Crippen molar-refractivity contribution in [1.82, 2.24) is 5.32 Å². The van der Waals surface area contributed by atoms with Gasteiger partial charge in [0.1, 0.15) is 0 Å². The maximum atomic E-state index is 9.25. The molecule has 2 aliphatic rings. The van der Waals surface area contributed by atoms with Gasteiger partial charge in [0.25, 0.3) is 0 Å². The summed E-state index contributed by atoms with van der Waals surface area (Å²) < 4.78 is 0. The second-order valence-electron chi connectivity index (χ2n) is 4.23. The summed E-state index contributed by atoms with van der Waals surface area (Å²) in [6.45, 7) is 2.53. The average molecular weight is 155 g/mol. The maximum Gasteiger partial charge on any atom is 0.0500 e. The van der Waals surface area contributed by atoms with Gasteiger partial charge in [-0.3, -0.25) is 0 Å². The molecule has 1 aliphatic heterocycles. The molecule has 2 nitrogen and oxygen atoms in total. The highest BCUT2D eigenvalue weighted by Gasteiger charge is 2.38. The summed E-state index contributed by atoms with van der Waals surface area (Å²) in [5.41, 5.74) is 0.265. The van der Waals surface area contributed by atoms with Crippen LogP contribution in [0.4, 0.5) is 0 Å². The molecular formula is C9H17NO. The molecule has 1 atom stereocenters. The number of hydrogen-bond acceptors (Lipinski definition) is 2. The van der Waals surface area contributed by atoms with E-state index in [4.69, 9.17) is 0 Å². The number of nitrogens with one attached hydrogen (secondary N) is 1. The van der Waals surface area contributed by atoms with Crippen LogP contribution in [0.3, 0.4) is 0 Å². The molecule has 2 N–H and O–H groups in total. The Labute approximate surface area is 68.0 Å². The summed E-state index contributed by atoms with van der Waals surface area (Å²) >= 11 is 0. The Kier molecular flexibility index (Phi) is 1.90. The van der Waals surface area contributed by atoms with E-state index in [0.717, 1.165) is 19.0 Å². The van der Waals surface area contributed by atoms with Crippen LogP contribution in [0.2, 0.25) is 0 Å². The third kappa shape index (κ3) is 1.57. The lowest BCUT2D eigenvalue weighted by molar-refractivity contribution is 0.127. The first kappa shape index (κ1) is 7.56. The van der Waals surface area contributed by atoms with Gasteiger partial charge < -0.3 is 10.4 Å². The van der Waals surface area contributed by atoms with E-state index in [0.29, 0.717) is 6.61 Å². The molecule has 2 heteroatoms. The first-order valence-electron chi connectivity index (χ1n) is 4.66. The van der Waals surface area contributed by atoms with Gasteiger partial charge in [-0.15, -0.1) is 0 Å². The van der Waals surface area contributed by atoms with Crippen LogP contribution in [0.1, 0.15) is 25.7 Å². The van der Waals surface area contributed by atoms with Gasteiger partial charge in [0.05, 0.1) is 0 Å². The molecule has 1 saturated carbocycles. The lowest BCUT2D eigenvalue weighted by Gasteiger charge is -2.25. The number of rotatable bonds is 3. The summed E-state index contributed by atoms with van der Waals surface area (Å²) in [5, 5.41) is 12.6.